The number of fused-ring (bicyclic) bond motifs is 1. The molecule has 1 aliphatic heterocycles. The fraction of sp³-hybridized carbons (Fsp3) is 0.333. The van der Waals surface area contributed by atoms with Gasteiger partial charge in [0.05, 0.1) is 29.8 Å². The van der Waals surface area contributed by atoms with Crippen LogP contribution in [0.1, 0.15) is 17.2 Å². The van der Waals surface area contributed by atoms with Gasteiger partial charge >= 0.3 is 0 Å². The Morgan fingerprint density at radius 1 is 1.57 bits per heavy atom. The van der Waals surface area contributed by atoms with Crippen molar-refractivity contribution in [1.82, 2.24) is 0 Å². The Morgan fingerprint density at radius 2 is 2.36 bits per heavy atom. The highest BCUT2D eigenvalue weighted by Crippen LogP contribution is 2.34. The second-order valence-corrected chi connectivity index (χ2v) is 5.26. The van der Waals surface area contributed by atoms with Crippen molar-refractivity contribution < 1.29 is 13.2 Å². The van der Waals surface area contributed by atoms with E-state index in [1.807, 2.05) is 0 Å². The number of halogens is 1. The van der Waals surface area contributed by atoms with Crippen LogP contribution in [0.2, 0.25) is 0 Å². The van der Waals surface area contributed by atoms with Gasteiger partial charge in [-0.3, -0.25) is 4.21 Å². The van der Waals surface area contributed by atoms with Gasteiger partial charge in [-0.25, -0.2) is 0 Å². The highest BCUT2D eigenvalue weighted by molar-refractivity contribution is 7.94. The minimum absolute atomic E-state index is 0.142. The quantitative estimate of drug-likeness (QED) is 0.804. The molecule has 0 aromatic heterocycles. The van der Waals surface area contributed by atoms with Crippen molar-refractivity contribution in [1.29, 1.82) is 0 Å². The van der Waals surface area contributed by atoms with Gasteiger partial charge < -0.3 is 5.11 Å². The molecule has 0 radical (unpaired) electrons. The number of hydrogen-bond acceptors (Lipinski definition) is 3. The van der Waals surface area contributed by atoms with Crippen molar-refractivity contribution in [3.05, 3.63) is 29.3 Å². The lowest BCUT2D eigenvalue weighted by atomic mass is 10.0. The molecule has 2 unspecified atom stereocenters. The molecule has 0 saturated heterocycles. The number of aliphatic hydroxyl groups is 1. The molecule has 0 bridgehead atoms. The molecule has 2 nitrogen and oxygen atoms in total. The Bertz CT molecular complexity index is 381. The van der Waals surface area contributed by atoms with Crippen molar-refractivity contribution in [3.8, 4) is 0 Å². The van der Waals surface area contributed by atoms with E-state index >= 15 is 0 Å². The summed E-state index contributed by atoms with van der Waals surface area (Å²) >= 11 is 0.142. The Balaban J connectivity index is 2.52. The molecule has 1 aromatic rings. The van der Waals surface area contributed by atoms with Crippen LogP contribution in [0.5, 0.6) is 0 Å². The van der Waals surface area contributed by atoms with Gasteiger partial charge in [-0.2, -0.15) is 3.89 Å². The smallest absolute Gasteiger partial charge is 0.0908 e. The predicted octanol–water partition coefficient (Wildman–Crippen LogP) is 1.96. The maximum atomic E-state index is 12.5. The molecule has 1 aromatic carbocycles. The summed E-state index contributed by atoms with van der Waals surface area (Å²) in [6.07, 6.45) is -0.716. The van der Waals surface area contributed by atoms with Gasteiger partial charge in [0.15, 0.2) is 0 Å². The third-order valence-electron chi connectivity index (χ3n) is 2.26. The van der Waals surface area contributed by atoms with E-state index < -0.39 is 16.9 Å². The van der Waals surface area contributed by atoms with E-state index in [0.29, 0.717) is 21.8 Å². The van der Waals surface area contributed by atoms with Crippen LogP contribution in [0.15, 0.2) is 23.1 Å². The summed E-state index contributed by atoms with van der Waals surface area (Å²) in [6, 6.07) is 5.10. The summed E-state index contributed by atoms with van der Waals surface area (Å²) in [5.41, 5.74) is 1.41. The minimum atomic E-state index is -1.07. The monoisotopic (exact) mass is 232 g/mol. The van der Waals surface area contributed by atoms with Gasteiger partial charge in [0.25, 0.3) is 0 Å². The second kappa shape index (κ2) is 4.00. The molecule has 1 N–H and O–H groups in total. The minimum Gasteiger partial charge on any atom is -0.387 e. The van der Waals surface area contributed by atoms with E-state index in [0.717, 1.165) is 0 Å². The van der Waals surface area contributed by atoms with Gasteiger partial charge in [0, 0.05) is 15.7 Å². The molecule has 2 rings (SSSR count). The third-order valence-corrected chi connectivity index (χ3v) is 4.11. The Labute approximate surface area is 88.3 Å². The zero-order valence-electron chi connectivity index (χ0n) is 7.27. The van der Waals surface area contributed by atoms with Crippen molar-refractivity contribution in [3.63, 3.8) is 0 Å². The van der Waals surface area contributed by atoms with Crippen molar-refractivity contribution in [2.24, 2.45) is 0 Å². The van der Waals surface area contributed by atoms with Crippen LogP contribution in [0.4, 0.5) is 3.89 Å². The van der Waals surface area contributed by atoms with E-state index in [4.69, 9.17) is 0 Å². The van der Waals surface area contributed by atoms with E-state index in [9.17, 15) is 13.2 Å². The van der Waals surface area contributed by atoms with E-state index in [-0.39, 0.29) is 17.9 Å². The van der Waals surface area contributed by atoms with Crippen molar-refractivity contribution in [2.75, 3.05) is 5.75 Å². The standard InChI is InChI=1S/C9H9FO2S2/c10-13-9-3-1-2-6-7(9)4-14(12)5-8(6)11/h1-3,8,11H,4-5H2. The molecule has 76 valence electrons. The van der Waals surface area contributed by atoms with Crippen LogP contribution >= 0.6 is 12.1 Å². The molecule has 1 aliphatic rings. The summed E-state index contributed by atoms with van der Waals surface area (Å²) < 4.78 is 23.8. The van der Waals surface area contributed by atoms with Crippen molar-refractivity contribution >= 4 is 22.9 Å². The molecule has 0 fully saturated rings. The average molecular weight is 232 g/mol. The van der Waals surface area contributed by atoms with Crippen LogP contribution < -0.4 is 0 Å². The SMILES string of the molecule is O=S1Cc2c(SF)cccc2C(O)C1. The summed E-state index contributed by atoms with van der Waals surface area (Å²) in [5, 5.41) is 9.63. The van der Waals surface area contributed by atoms with Gasteiger partial charge in [-0.15, -0.1) is 0 Å². The lowest BCUT2D eigenvalue weighted by Crippen LogP contribution is -2.19. The summed E-state index contributed by atoms with van der Waals surface area (Å²) in [4.78, 5) is 0.467. The lowest BCUT2D eigenvalue weighted by molar-refractivity contribution is 0.200. The number of rotatable bonds is 1. The zero-order valence-corrected chi connectivity index (χ0v) is 8.91. The maximum Gasteiger partial charge on any atom is 0.0908 e. The molecular formula is C9H9FO2S2. The fourth-order valence-electron chi connectivity index (χ4n) is 1.61. The van der Waals surface area contributed by atoms with Crippen LogP contribution in [-0.4, -0.2) is 15.1 Å². The Hall–Kier alpha value is -0.390. The second-order valence-electron chi connectivity index (χ2n) is 3.17. The van der Waals surface area contributed by atoms with Crippen LogP contribution in [0.25, 0.3) is 0 Å². The number of aliphatic hydroxyl groups excluding tert-OH is 1. The van der Waals surface area contributed by atoms with Gasteiger partial charge in [0.2, 0.25) is 0 Å². The molecule has 1 heterocycles. The first-order valence-electron chi connectivity index (χ1n) is 4.16. The first-order valence-corrected chi connectivity index (χ1v) is 6.36. The normalized spacial score (nSPS) is 25.9. The Morgan fingerprint density at radius 3 is 3.07 bits per heavy atom. The first kappa shape index (κ1) is 10.1. The van der Waals surface area contributed by atoms with Gasteiger partial charge in [-0.1, -0.05) is 12.1 Å². The van der Waals surface area contributed by atoms with E-state index in [2.05, 4.69) is 0 Å². The fourth-order valence-corrected chi connectivity index (χ4v) is 3.41. The molecule has 0 spiro atoms. The summed E-state index contributed by atoms with van der Waals surface area (Å²) in [6.45, 7) is 0. The molecule has 2 atom stereocenters. The molecule has 0 saturated carbocycles. The molecule has 0 aliphatic carbocycles. The maximum absolute atomic E-state index is 12.5. The number of benzene rings is 1. The molecular weight excluding hydrogens is 223 g/mol. The largest absolute Gasteiger partial charge is 0.387 e. The molecule has 14 heavy (non-hydrogen) atoms. The number of hydrogen-bond donors (Lipinski definition) is 1. The average Bonchev–Trinajstić information content (AvgIpc) is 2.17. The summed E-state index contributed by atoms with van der Waals surface area (Å²) in [5.74, 6) is 0.604. The zero-order chi connectivity index (χ0) is 10.1. The van der Waals surface area contributed by atoms with Crippen LogP contribution in [0, 0.1) is 0 Å². The first-order chi connectivity index (χ1) is 6.72. The Kier molecular flexibility index (Phi) is 2.90. The van der Waals surface area contributed by atoms with E-state index in [1.54, 1.807) is 18.2 Å². The van der Waals surface area contributed by atoms with E-state index in [1.165, 1.54) is 0 Å². The lowest BCUT2D eigenvalue weighted by Gasteiger charge is -2.21. The van der Waals surface area contributed by atoms with Gasteiger partial charge in [0.1, 0.15) is 0 Å². The van der Waals surface area contributed by atoms with Crippen molar-refractivity contribution in [2.45, 2.75) is 16.8 Å². The highest BCUT2D eigenvalue weighted by Gasteiger charge is 2.24. The van der Waals surface area contributed by atoms with Gasteiger partial charge in [-0.05, 0) is 17.2 Å². The van der Waals surface area contributed by atoms with Crippen LogP contribution in [0.3, 0.4) is 0 Å². The predicted molar refractivity (Wildman–Crippen MR) is 55.1 cm³/mol. The molecule has 0 amide bonds. The molecule has 5 heteroatoms. The third kappa shape index (κ3) is 1.71. The summed E-state index contributed by atoms with van der Waals surface area (Å²) in [7, 11) is -1.07. The topological polar surface area (TPSA) is 37.3 Å². The highest BCUT2D eigenvalue weighted by atomic mass is 32.2. The van der Waals surface area contributed by atoms with Crippen LogP contribution in [-0.2, 0) is 16.6 Å².